The van der Waals surface area contributed by atoms with Crippen molar-refractivity contribution < 1.29 is 9.59 Å². The van der Waals surface area contributed by atoms with Crippen LogP contribution in [-0.2, 0) is 9.59 Å². The molecule has 0 saturated heterocycles. The maximum Gasteiger partial charge on any atom is 0.169 e. The number of Topliss-reactive ketones (excluding diaryl/α,β-unsaturated/α-hetero) is 2. The van der Waals surface area contributed by atoms with Crippen LogP contribution in [0.3, 0.4) is 0 Å². The molecule has 0 aromatic heterocycles. The molecule has 2 unspecified atom stereocenters. The number of rotatable bonds is 5. The van der Waals surface area contributed by atoms with Gasteiger partial charge in [0, 0.05) is 6.42 Å². The fraction of sp³-hybridized carbons (Fsp3) is 0.765. The summed E-state index contributed by atoms with van der Waals surface area (Å²) in [4.78, 5) is 24.4. The van der Waals surface area contributed by atoms with Gasteiger partial charge in [-0.15, -0.1) is 0 Å². The summed E-state index contributed by atoms with van der Waals surface area (Å²) in [6.45, 7) is 4.32. The minimum absolute atomic E-state index is 0.139. The van der Waals surface area contributed by atoms with Crippen LogP contribution >= 0.6 is 0 Å². The fourth-order valence-corrected chi connectivity index (χ4v) is 3.59. The molecular formula is C17H26O2. The van der Waals surface area contributed by atoms with Gasteiger partial charge in [0.2, 0.25) is 0 Å². The summed E-state index contributed by atoms with van der Waals surface area (Å²) in [5.41, 5.74) is 0.953. The number of carbonyl (C=O) groups is 2. The van der Waals surface area contributed by atoms with Crippen LogP contribution in [0.25, 0.3) is 0 Å². The topological polar surface area (TPSA) is 34.1 Å². The summed E-state index contributed by atoms with van der Waals surface area (Å²) in [6.07, 6.45) is 10.7. The van der Waals surface area contributed by atoms with Gasteiger partial charge in [0.25, 0.3) is 0 Å². The lowest BCUT2D eigenvalue weighted by Gasteiger charge is -2.32. The second-order valence-corrected chi connectivity index (χ2v) is 6.23. The fourth-order valence-electron chi connectivity index (χ4n) is 3.59. The van der Waals surface area contributed by atoms with Crippen molar-refractivity contribution in [3.8, 4) is 0 Å². The minimum atomic E-state index is -0.321. The van der Waals surface area contributed by atoms with Crippen LogP contribution in [0.4, 0.5) is 0 Å². The SMILES string of the molecule is CCCCCCC1C=C2CCCC(=O)[C@H](C2=O)C1C. The van der Waals surface area contributed by atoms with Crippen molar-refractivity contribution in [1.29, 1.82) is 0 Å². The second kappa shape index (κ2) is 6.49. The van der Waals surface area contributed by atoms with Crippen LogP contribution < -0.4 is 0 Å². The van der Waals surface area contributed by atoms with E-state index in [-0.39, 0.29) is 23.4 Å². The third-order valence-electron chi connectivity index (χ3n) is 4.82. The monoisotopic (exact) mass is 262 g/mol. The van der Waals surface area contributed by atoms with Gasteiger partial charge >= 0.3 is 0 Å². The number of hydrogen-bond acceptors (Lipinski definition) is 2. The molecule has 2 aliphatic rings. The molecule has 19 heavy (non-hydrogen) atoms. The van der Waals surface area contributed by atoms with E-state index < -0.39 is 0 Å². The van der Waals surface area contributed by atoms with Crippen molar-refractivity contribution in [1.82, 2.24) is 0 Å². The number of carbonyl (C=O) groups excluding carboxylic acids is 2. The number of unbranched alkanes of at least 4 members (excludes halogenated alkanes) is 3. The van der Waals surface area contributed by atoms with Crippen molar-refractivity contribution in [2.24, 2.45) is 17.8 Å². The molecule has 0 spiro atoms. The lowest BCUT2D eigenvalue weighted by atomic mass is 9.70. The average molecular weight is 262 g/mol. The van der Waals surface area contributed by atoms with Crippen LogP contribution in [0.15, 0.2) is 11.6 Å². The Labute approximate surface area is 116 Å². The molecule has 0 aromatic carbocycles. The first-order chi connectivity index (χ1) is 9.15. The number of ketones is 2. The summed E-state index contributed by atoms with van der Waals surface area (Å²) >= 11 is 0. The first kappa shape index (κ1) is 14.5. The molecule has 0 aromatic rings. The summed E-state index contributed by atoms with van der Waals surface area (Å²) in [5.74, 6) is 0.665. The highest BCUT2D eigenvalue weighted by atomic mass is 16.2. The van der Waals surface area contributed by atoms with Gasteiger partial charge in [0.1, 0.15) is 5.78 Å². The van der Waals surface area contributed by atoms with Gasteiger partial charge in [0.15, 0.2) is 5.78 Å². The van der Waals surface area contributed by atoms with Crippen molar-refractivity contribution >= 4 is 11.6 Å². The predicted molar refractivity (Wildman–Crippen MR) is 76.9 cm³/mol. The molecule has 2 aliphatic carbocycles. The van der Waals surface area contributed by atoms with Crippen LogP contribution in [0, 0.1) is 17.8 Å². The van der Waals surface area contributed by atoms with Gasteiger partial charge in [0.05, 0.1) is 5.92 Å². The smallest absolute Gasteiger partial charge is 0.169 e. The first-order valence-electron chi connectivity index (χ1n) is 7.92. The molecule has 2 rings (SSSR count). The van der Waals surface area contributed by atoms with E-state index in [4.69, 9.17) is 0 Å². The quantitative estimate of drug-likeness (QED) is 0.552. The number of hydrogen-bond donors (Lipinski definition) is 0. The van der Waals surface area contributed by atoms with E-state index >= 15 is 0 Å². The van der Waals surface area contributed by atoms with Crippen LogP contribution in [0.5, 0.6) is 0 Å². The molecule has 0 heterocycles. The molecule has 2 nitrogen and oxygen atoms in total. The van der Waals surface area contributed by atoms with E-state index in [1.54, 1.807) is 0 Å². The molecule has 2 heteroatoms. The van der Waals surface area contributed by atoms with Crippen molar-refractivity contribution in [2.45, 2.75) is 65.2 Å². The Hall–Kier alpha value is -0.920. The molecule has 0 aliphatic heterocycles. The maximum absolute atomic E-state index is 12.3. The zero-order valence-electron chi connectivity index (χ0n) is 12.3. The first-order valence-corrected chi connectivity index (χ1v) is 7.92. The highest BCUT2D eigenvalue weighted by Crippen LogP contribution is 2.39. The molecule has 0 N–H and O–H groups in total. The van der Waals surface area contributed by atoms with E-state index in [0.29, 0.717) is 12.3 Å². The van der Waals surface area contributed by atoms with Gasteiger partial charge < -0.3 is 0 Å². The van der Waals surface area contributed by atoms with Gasteiger partial charge in [-0.3, -0.25) is 9.59 Å². The molecule has 106 valence electrons. The van der Waals surface area contributed by atoms with E-state index in [1.165, 1.54) is 25.7 Å². The molecule has 1 saturated carbocycles. The van der Waals surface area contributed by atoms with Crippen LogP contribution in [-0.4, -0.2) is 11.6 Å². The van der Waals surface area contributed by atoms with Crippen molar-refractivity contribution in [3.05, 3.63) is 11.6 Å². The Morgan fingerprint density at radius 1 is 1.16 bits per heavy atom. The molecule has 0 amide bonds. The largest absolute Gasteiger partial charge is 0.299 e. The third-order valence-corrected chi connectivity index (χ3v) is 4.82. The number of fused-ring (bicyclic) bond motifs is 2. The zero-order chi connectivity index (χ0) is 13.8. The van der Waals surface area contributed by atoms with Gasteiger partial charge in [-0.1, -0.05) is 45.6 Å². The highest BCUT2D eigenvalue weighted by Gasteiger charge is 2.41. The van der Waals surface area contributed by atoms with Crippen molar-refractivity contribution in [3.63, 3.8) is 0 Å². The standard InChI is InChI=1S/C17H26O2/c1-3-4-5-6-8-13-11-14-9-7-10-15(18)16(12(13)2)17(14)19/h11-13,16H,3-10H2,1-2H3/t12?,13?,16-/m1/s1. The third kappa shape index (κ3) is 3.16. The Kier molecular flexibility index (Phi) is 4.95. The highest BCUT2D eigenvalue weighted by molar-refractivity contribution is 6.12. The Morgan fingerprint density at radius 2 is 1.95 bits per heavy atom. The Bertz CT molecular complexity index is 381. The van der Waals surface area contributed by atoms with Crippen molar-refractivity contribution in [2.75, 3.05) is 0 Å². The average Bonchev–Trinajstić information content (AvgIpc) is 2.47. The van der Waals surface area contributed by atoms with E-state index in [9.17, 15) is 9.59 Å². The van der Waals surface area contributed by atoms with E-state index in [1.807, 2.05) is 0 Å². The van der Waals surface area contributed by atoms with Gasteiger partial charge in [-0.25, -0.2) is 0 Å². The minimum Gasteiger partial charge on any atom is -0.299 e. The lowest BCUT2D eigenvalue weighted by Crippen LogP contribution is -2.36. The normalized spacial score (nSPS) is 31.1. The molecule has 2 bridgehead atoms. The Balaban J connectivity index is 2.07. The van der Waals surface area contributed by atoms with E-state index in [2.05, 4.69) is 19.9 Å². The lowest BCUT2D eigenvalue weighted by molar-refractivity contribution is -0.133. The van der Waals surface area contributed by atoms with Crippen LogP contribution in [0.2, 0.25) is 0 Å². The zero-order valence-corrected chi connectivity index (χ0v) is 12.3. The molecule has 1 fully saturated rings. The maximum atomic E-state index is 12.3. The predicted octanol–water partition coefficient (Wildman–Crippen LogP) is 4.09. The van der Waals surface area contributed by atoms with Gasteiger partial charge in [-0.05, 0) is 36.7 Å². The molecule has 0 radical (unpaired) electrons. The summed E-state index contributed by atoms with van der Waals surface area (Å²) in [5, 5.41) is 0. The summed E-state index contributed by atoms with van der Waals surface area (Å²) in [6, 6.07) is 0. The summed E-state index contributed by atoms with van der Waals surface area (Å²) in [7, 11) is 0. The van der Waals surface area contributed by atoms with E-state index in [0.717, 1.165) is 24.8 Å². The van der Waals surface area contributed by atoms with Gasteiger partial charge in [-0.2, -0.15) is 0 Å². The molecule has 3 atom stereocenters. The Morgan fingerprint density at radius 3 is 2.68 bits per heavy atom. The van der Waals surface area contributed by atoms with Crippen LogP contribution in [0.1, 0.15) is 65.2 Å². The number of allylic oxidation sites excluding steroid dienone is 2. The summed E-state index contributed by atoms with van der Waals surface area (Å²) < 4.78 is 0. The second-order valence-electron chi connectivity index (χ2n) is 6.23. The molecular weight excluding hydrogens is 236 g/mol.